The van der Waals surface area contributed by atoms with Crippen LogP contribution in [0.3, 0.4) is 0 Å². The van der Waals surface area contributed by atoms with Crippen LogP contribution < -0.4 is 14.8 Å². The van der Waals surface area contributed by atoms with E-state index in [1.165, 1.54) is 13.2 Å². The van der Waals surface area contributed by atoms with Crippen molar-refractivity contribution in [3.63, 3.8) is 0 Å². The maximum atomic E-state index is 14.6. The van der Waals surface area contributed by atoms with Crippen molar-refractivity contribution in [3.8, 4) is 11.5 Å². The highest BCUT2D eigenvalue weighted by Crippen LogP contribution is 2.36. The largest absolute Gasteiger partial charge is 0.493 e. The molecular weight excluding hydrogens is 283 g/mol. The number of methoxy groups -OCH3 is 2. The maximum absolute atomic E-state index is 14.6. The molecule has 0 aromatic heterocycles. The molecule has 1 aromatic carbocycles. The summed E-state index contributed by atoms with van der Waals surface area (Å²) in [4.78, 5) is 2.32. The fourth-order valence-corrected chi connectivity index (χ4v) is 2.93. The van der Waals surface area contributed by atoms with Crippen molar-refractivity contribution in [2.24, 2.45) is 0 Å². The predicted octanol–water partition coefficient (Wildman–Crippen LogP) is 2.76. The number of piperazine rings is 1. The second-order valence-corrected chi connectivity index (χ2v) is 5.40. The number of benzene rings is 1. The van der Waals surface area contributed by atoms with E-state index < -0.39 is 0 Å². The molecule has 0 bridgehead atoms. The summed E-state index contributed by atoms with van der Waals surface area (Å²) in [6, 6.07) is 3.21. The molecule has 1 aliphatic heterocycles. The number of rotatable bonds is 7. The van der Waals surface area contributed by atoms with Gasteiger partial charge in [0.1, 0.15) is 5.82 Å². The summed E-state index contributed by atoms with van der Waals surface area (Å²) >= 11 is 0. The Morgan fingerprint density at radius 2 is 1.91 bits per heavy atom. The van der Waals surface area contributed by atoms with Crippen LogP contribution in [-0.4, -0.2) is 45.3 Å². The fourth-order valence-electron chi connectivity index (χ4n) is 2.93. The highest BCUT2D eigenvalue weighted by atomic mass is 19.1. The minimum absolute atomic E-state index is 0.0277. The van der Waals surface area contributed by atoms with E-state index in [0.717, 1.165) is 39.0 Å². The molecule has 4 nitrogen and oxygen atoms in total. The van der Waals surface area contributed by atoms with E-state index in [0.29, 0.717) is 17.1 Å². The van der Waals surface area contributed by atoms with Gasteiger partial charge in [-0.15, -0.1) is 6.58 Å². The van der Waals surface area contributed by atoms with Crippen LogP contribution in [0.4, 0.5) is 4.39 Å². The van der Waals surface area contributed by atoms with Gasteiger partial charge < -0.3 is 14.8 Å². The first-order valence-electron chi connectivity index (χ1n) is 7.68. The van der Waals surface area contributed by atoms with Crippen LogP contribution >= 0.6 is 0 Å². The Balaban J connectivity index is 2.34. The molecular formula is C17H25FN2O2. The lowest BCUT2D eigenvalue weighted by Crippen LogP contribution is -2.45. The molecule has 1 atom stereocenters. The molecule has 0 unspecified atom stereocenters. The van der Waals surface area contributed by atoms with Crippen molar-refractivity contribution < 1.29 is 13.9 Å². The van der Waals surface area contributed by atoms with Crippen LogP contribution in [-0.2, 0) is 0 Å². The lowest BCUT2D eigenvalue weighted by molar-refractivity contribution is 0.162. The first kappa shape index (κ1) is 16.8. The van der Waals surface area contributed by atoms with Crippen molar-refractivity contribution in [2.75, 3.05) is 40.4 Å². The number of hydrogen-bond acceptors (Lipinski definition) is 4. The highest BCUT2D eigenvalue weighted by Gasteiger charge is 2.25. The number of allylic oxidation sites excluding steroid dienone is 1. The molecule has 1 aliphatic rings. The molecule has 0 saturated carbocycles. The number of halogens is 1. The molecule has 0 amide bonds. The predicted molar refractivity (Wildman–Crippen MR) is 86.1 cm³/mol. The average molecular weight is 308 g/mol. The number of hydrogen-bond donors (Lipinski definition) is 1. The van der Waals surface area contributed by atoms with E-state index in [1.54, 1.807) is 13.2 Å². The zero-order chi connectivity index (χ0) is 15.9. The zero-order valence-electron chi connectivity index (χ0n) is 13.4. The van der Waals surface area contributed by atoms with Gasteiger partial charge in [0.2, 0.25) is 0 Å². The van der Waals surface area contributed by atoms with E-state index in [-0.39, 0.29) is 11.9 Å². The summed E-state index contributed by atoms with van der Waals surface area (Å²) in [5.74, 6) is 0.745. The van der Waals surface area contributed by atoms with E-state index in [2.05, 4.69) is 16.8 Å². The normalized spacial score (nSPS) is 17.0. The minimum atomic E-state index is -0.245. The average Bonchev–Trinajstić information content (AvgIpc) is 2.57. The van der Waals surface area contributed by atoms with Gasteiger partial charge in [-0.05, 0) is 18.9 Å². The third kappa shape index (κ3) is 3.78. The van der Waals surface area contributed by atoms with E-state index in [4.69, 9.17) is 9.47 Å². The highest BCUT2D eigenvalue weighted by molar-refractivity contribution is 5.44. The summed E-state index contributed by atoms with van der Waals surface area (Å²) in [6.45, 7) is 7.47. The molecule has 0 radical (unpaired) electrons. The molecule has 1 aromatic rings. The van der Waals surface area contributed by atoms with Gasteiger partial charge in [0.05, 0.1) is 14.2 Å². The van der Waals surface area contributed by atoms with Gasteiger partial charge in [-0.1, -0.05) is 6.08 Å². The summed E-state index contributed by atoms with van der Waals surface area (Å²) in [7, 11) is 3.09. The third-order valence-corrected chi connectivity index (χ3v) is 4.10. The molecule has 22 heavy (non-hydrogen) atoms. The molecule has 0 spiro atoms. The Hall–Kier alpha value is -1.59. The van der Waals surface area contributed by atoms with Gasteiger partial charge in [0.15, 0.2) is 11.5 Å². The standard InChI is InChI=1S/C17H25FN2O2/c1-4-5-6-15(20-9-7-19-8-10-20)13-11-16(21-2)17(22-3)12-14(13)18/h4,11-12,15,19H,1,5-10H2,2-3H3/t15-/m0/s1. The van der Waals surface area contributed by atoms with Gasteiger partial charge >= 0.3 is 0 Å². The van der Waals surface area contributed by atoms with Gasteiger partial charge in [-0.2, -0.15) is 0 Å². The Bertz CT molecular complexity index is 502. The molecule has 0 aliphatic carbocycles. The van der Waals surface area contributed by atoms with E-state index in [9.17, 15) is 4.39 Å². The Morgan fingerprint density at radius 3 is 2.50 bits per heavy atom. The van der Waals surface area contributed by atoms with Crippen LogP contribution in [0.5, 0.6) is 11.5 Å². The zero-order valence-corrected chi connectivity index (χ0v) is 13.4. The SMILES string of the molecule is C=CCC[C@@H](c1cc(OC)c(OC)cc1F)N1CCNCC1. The van der Waals surface area contributed by atoms with Crippen molar-refractivity contribution in [1.82, 2.24) is 10.2 Å². The maximum Gasteiger partial charge on any atom is 0.163 e. The summed E-state index contributed by atoms with van der Waals surface area (Å²) in [5, 5.41) is 3.33. The van der Waals surface area contributed by atoms with Crippen molar-refractivity contribution in [2.45, 2.75) is 18.9 Å². The van der Waals surface area contributed by atoms with Crippen molar-refractivity contribution in [1.29, 1.82) is 0 Å². The monoisotopic (exact) mass is 308 g/mol. The van der Waals surface area contributed by atoms with Crippen LogP contribution in [0.1, 0.15) is 24.4 Å². The van der Waals surface area contributed by atoms with Crippen molar-refractivity contribution in [3.05, 3.63) is 36.2 Å². The number of nitrogens with zero attached hydrogens (tertiary/aromatic N) is 1. The number of ether oxygens (including phenoxy) is 2. The van der Waals surface area contributed by atoms with Crippen molar-refractivity contribution >= 4 is 0 Å². The molecule has 1 fully saturated rings. The lowest BCUT2D eigenvalue weighted by atomic mass is 9.98. The minimum Gasteiger partial charge on any atom is -0.493 e. The first-order chi connectivity index (χ1) is 10.7. The lowest BCUT2D eigenvalue weighted by Gasteiger charge is -2.35. The molecule has 1 heterocycles. The van der Waals surface area contributed by atoms with Gasteiger partial charge in [0, 0.05) is 43.9 Å². The molecule has 2 rings (SSSR count). The van der Waals surface area contributed by atoms with Crippen LogP contribution in [0, 0.1) is 5.82 Å². The Labute approximate surface area is 131 Å². The quantitative estimate of drug-likeness (QED) is 0.785. The fraction of sp³-hybridized carbons (Fsp3) is 0.529. The van der Waals surface area contributed by atoms with Gasteiger partial charge in [-0.3, -0.25) is 4.90 Å². The first-order valence-corrected chi connectivity index (χ1v) is 7.68. The Morgan fingerprint density at radius 1 is 1.27 bits per heavy atom. The van der Waals surface area contributed by atoms with Gasteiger partial charge in [0.25, 0.3) is 0 Å². The molecule has 1 N–H and O–H groups in total. The third-order valence-electron chi connectivity index (χ3n) is 4.10. The summed E-state index contributed by atoms with van der Waals surface area (Å²) < 4.78 is 25.1. The summed E-state index contributed by atoms with van der Waals surface area (Å²) in [6.07, 6.45) is 3.58. The van der Waals surface area contributed by atoms with Crippen LogP contribution in [0.2, 0.25) is 0 Å². The molecule has 1 saturated heterocycles. The second kappa shape index (κ2) is 8.15. The smallest absolute Gasteiger partial charge is 0.163 e. The topological polar surface area (TPSA) is 33.7 Å². The molecule has 122 valence electrons. The van der Waals surface area contributed by atoms with Crippen LogP contribution in [0.15, 0.2) is 24.8 Å². The van der Waals surface area contributed by atoms with E-state index in [1.807, 2.05) is 6.08 Å². The molecule has 5 heteroatoms. The van der Waals surface area contributed by atoms with E-state index >= 15 is 0 Å². The number of nitrogens with one attached hydrogen (secondary N) is 1. The summed E-state index contributed by atoms with van der Waals surface area (Å²) in [5.41, 5.74) is 0.668. The second-order valence-electron chi connectivity index (χ2n) is 5.40. The van der Waals surface area contributed by atoms with Crippen LogP contribution in [0.25, 0.3) is 0 Å². The van der Waals surface area contributed by atoms with Gasteiger partial charge in [-0.25, -0.2) is 4.39 Å². The Kier molecular flexibility index (Phi) is 6.21.